The second-order valence-corrected chi connectivity index (χ2v) is 6.24. The maximum Gasteiger partial charge on any atom is 0.320 e. The van der Waals surface area contributed by atoms with Gasteiger partial charge in [0.05, 0.1) is 0 Å². The molecule has 1 aliphatic rings. The van der Waals surface area contributed by atoms with E-state index in [0.717, 1.165) is 42.0 Å². The van der Waals surface area contributed by atoms with E-state index in [4.69, 9.17) is 9.84 Å². The number of carbonyl (C=O) groups is 2. The molecule has 4 nitrogen and oxygen atoms in total. The van der Waals surface area contributed by atoms with Gasteiger partial charge in [-0.25, -0.2) is 0 Å². The molecular formula is C19H20O4. The van der Waals surface area contributed by atoms with Gasteiger partial charge in [-0.05, 0) is 55.0 Å². The topological polar surface area (TPSA) is 63.6 Å². The van der Waals surface area contributed by atoms with E-state index in [1.807, 2.05) is 36.4 Å². The highest BCUT2D eigenvalue weighted by atomic mass is 16.6. The standard InChI is InChI=1S/C19H20O4/c1-13(17(20)21)18(22)23-19(10-4-5-11-19)16-9-8-14-6-2-3-7-15(14)12-16/h2-3,6-9,12-13H,4-5,10-11H2,1H3,(H,20,21). The van der Waals surface area contributed by atoms with Crippen LogP contribution in [0, 0.1) is 5.92 Å². The van der Waals surface area contributed by atoms with Gasteiger partial charge in [0.15, 0.2) is 5.92 Å². The minimum absolute atomic E-state index is 0.660. The summed E-state index contributed by atoms with van der Waals surface area (Å²) in [6.45, 7) is 1.37. The number of aliphatic carboxylic acids is 1. The normalized spacial score (nSPS) is 17.8. The van der Waals surface area contributed by atoms with Gasteiger partial charge >= 0.3 is 11.9 Å². The van der Waals surface area contributed by atoms with Gasteiger partial charge in [0, 0.05) is 0 Å². The molecule has 1 N–H and O–H groups in total. The van der Waals surface area contributed by atoms with Crippen LogP contribution in [0.1, 0.15) is 38.2 Å². The summed E-state index contributed by atoms with van der Waals surface area (Å²) in [5, 5.41) is 11.3. The Morgan fingerprint density at radius 2 is 1.74 bits per heavy atom. The minimum atomic E-state index is -1.15. The number of rotatable bonds is 4. The third-order valence-corrected chi connectivity index (χ3v) is 4.71. The van der Waals surface area contributed by atoms with E-state index in [0.29, 0.717) is 0 Å². The van der Waals surface area contributed by atoms with Crippen LogP contribution < -0.4 is 0 Å². The van der Waals surface area contributed by atoms with Crippen molar-refractivity contribution in [1.82, 2.24) is 0 Å². The molecule has 3 rings (SSSR count). The molecule has 1 unspecified atom stereocenters. The summed E-state index contributed by atoms with van der Waals surface area (Å²) in [5.74, 6) is -2.96. The number of hydrogen-bond acceptors (Lipinski definition) is 3. The van der Waals surface area contributed by atoms with Crippen molar-refractivity contribution in [3.05, 3.63) is 48.0 Å². The molecule has 1 fully saturated rings. The Morgan fingerprint density at radius 3 is 2.39 bits per heavy atom. The van der Waals surface area contributed by atoms with E-state index in [1.165, 1.54) is 6.92 Å². The highest BCUT2D eigenvalue weighted by molar-refractivity contribution is 5.93. The van der Waals surface area contributed by atoms with Crippen LogP contribution >= 0.6 is 0 Å². The van der Waals surface area contributed by atoms with Gasteiger partial charge in [-0.2, -0.15) is 0 Å². The molecule has 4 heteroatoms. The summed E-state index contributed by atoms with van der Waals surface area (Å²) in [6.07, 6.45) is 3.43. The monoisotopic (exact) mass is 312 g/mol. The van der Waals surface area contributed by atoms with Crippen molar-refractivity contribution >= 4 is 22.7 Å². The molecule has 120 valence electrons. The molecule has 1 saturated carbocycles. The second kappa shape index (κ2) is 6.03. The first-order valence-corrected chi connectivity index (χ1v) is 7.97. The quantitative estimate of drug-likeness (QED) is 0.687. The Kier molecular flexibility index (Phi) is 4.07. The van der Waals surface area contributed by atoms with Crippen LogP contribution in [0.3, 0.4) is 0 Å². The smallest absolute Gasteiger partial charge is 0.320 e. The average Bonchev–Trinajstić information content (AvgIpc) is 3.03. The Balaban J connectivity index is 1.96. The number of ether oxygens (including phenoxy) is 1. The van der Waals surface area contributed by atoms with Crippen LogP contribution in [0.15, 0.2) is 42.5 Å². The summed E-state index contributed by atoms with van der Waals surface area (Å²) in [7, 11) is 0. The largest absolute Gasteiger partial charge is 0.481 e. The third-order valence-electron chi connectivity index (χ3n) is 4.71. The lowest BCUT2D eigenvalue weighted by Gasteiger charge is -2.30. The van der Waals surface area contributed by atoms with Crippen LogP contribution in [0.25, 0.3) is 10.8 Å². The molecular weight excluding hydrogens is 292 g/mol. The van der Waals surface area contributed by atoms with Gasteiger partial charge in [-0.3, -0.25) is 9.59 Å². The fraction of sp³-hybridized carbons (Fsp3) is 0.368. The summed E-state index contributed by atoms with van der Waals surface area (Å²) < 4.78 is 5.74. The van der Waals surface area contributed by atoms with Gasteiger partial charge in [0.1, 0.15) is 5.60 Å². The van der Waals surface area contributed by atoms with Crippen molar-refractivity contribution in [2.75, 3.05) is 0 Å². The van der Waals surface area contributed by atoms with E-state index >= 15 is 0 Å². The zero-order valence-electron chi connectivity index (χ0n) is 13.1. The third kappa shape index (κ3) is 2.93. The van der Waals surface area contributed by atoms with Crippen molar-refractivity contribution in [3.8, 4) is 0 Å². The molecule has 0 radical (unpaired) electrons. The molecule has 0 amide bonds. The molecule has 1 aliphatic carbocycles. The summed E-state index contributed by atoms with van der Waals surface area (Å²) >= 11 is 0. The van der Waals surface area contributed by atoms with Crippen molar-refractivity contribution in [2.24, 2.45) is 5.92 Å². The lowest BCUT2D eigenvalue weighted by Crippen LogP contribution is -2.34. The van der Waals surface area contributed by atoms with Crippen molar-refractivity contribution in [3.63, 3.8) is 0 Å². The summed E-state index contributed by atoms with van der Waals surface area (Å²) in [4.78, 5) is 23.2. The zero-order valence-corrected chi connectivity index (χ0v) is 13.1. The SMILES string of the molecule is CC(C(=O)O)C(=O)OC1(c2ccc3ccccc3c2)CCCC1. The molecule has 0 heterocycles. The molecule has 23 heavy (non-hydrogen) atoms. The van der Waals surface area contributed by atoms with Crippen molar-refractivity contribution in [2.45, 2.75) is 38.2 Å². The Morgan fingerprint density at radius 1 is 1.09 bits per heavy atom. The van der Waals surface area contributed by atoms with Gasteiger partial charge in [0.2, 0.25) is 0 Å². The Hall–Kier alpha value is -2.36. The summed E-state index contributed by atoms with van der Waals surface area (Å²) in [6, 6.07) is 14.1. The fourth-order valence-electron chi connectivity index (χ4n) is 3.25. The number of benzene rings is 2. The van der Waals surface area contributed by atoms with Gasteiger partial charge in [0.25, 0.3) is 0 Å². The van der Waals surface area contributed by atoms with Crippen LogP contribution in [-0.2, 0) is 19.9 Å². The number of carboxylic acids is 1. The predicted molar refractivity (Wildman–Crippen MR) is 87.0 cm³/mol. The maximum absolute atomic E-state index is 12.2. The molecule has 0 saturated heterocycles. The first-order valence-electron chi connectivity index (χ1n) is 7.97. The second-order valence-electron chi connectivity index (χ2n) is 6.24. The highest BCUT2D eigenvalue weighted by Crippen LogP contribution is 2.43. The fourth-order valence-corrected chi connectivity index (χ4v) is 3.25. The van der Waals surface area contributed by atoms with Gasteiger partial charge in [-0.15, -0.1) is 0 Å². The van der Waals surface area contributed by atoms with Gasteiger partial charge < -0.3 is 9.84 Å². The average molecular weight is 312 g/mol. The lowest BCUT2D eigenvalue weighted by molar-refractivity contribution is -0.170. The highest BCUT2D eigenvalue weighted by Gasteiger charge is 2.41. The minimum Gasteiger partial charge on any atom is -0.481 e. The Bertz CT molecular complexity index is 744. The van der Waals surface area contributed by atoms with E-state index in [9.17, 15) is 9.59 Å². The van der Waals surface area contributed by atoms with E-state index in [2.05, 4.69) is 6.07 Å². The van der Waals surface area contributed by atoms with E-state index in [-0.39, 0.29) is 0 Å². The first-order chi connectivity index (χ1) is 11.0. The van der Waals surface area contributed by atoms with Crippen molar-refractivity contribution < 1.29 is 19.4 Å². The van der Waals surface area contributed by atoms with Crippen LogP contribution in [0.5, 0.6) is 0 Å². The number of carbonyl (C=O) groups excluding carboxylic acids is 1. The van der Waals surface area contributed by atoms with E-state index < -0.39 is 23.5 Å². The molecule has 0 spiro atoms. The van der Waals surface area contributed by atoms with Crippen LogP contribution in [0.2, 0.25) is 0 Å². The predicted octanol–water partition coefficient (Wildman–Crippen LogP) is 3.87. The number of fused-ring (bicyclic) bond motifs is 1. The van der Waals surface area contributed by atoms with Crippen LogP contribution in [-0.4, -0.2) is 17.0 Å². The first kappa shape index (κ1) is 15.5. The van der Waals surface area contributed by atoms with Crippen LogP contribution in [0.4, 0.5) is 0 Å². The van der Waals surface area contributed by atoms with E-state index in [1.54, 1.807) is 0 Å². The Labute approximate surface area is 135 Å². The molecule has 0 bridgehead atoms. The molecule has 2 aromatic rings. The summed E-state index contributed by atoms with van der Waals surface area (Å²) in [5.41, 5.74) is 0.268. The lowest BCUT2D eigenvalue weighted by atomic mass is 9.90. The number of carboxylic acid groups (broad SMARTS) is 1. The molecule has 0 aliphatic heterocycles. The zero-order chi connectivity index (χ0) is 16.4. The maximum atomic E-state index is 12.2. The number of esters is 1. The molecule has 1 atom stereocenters. The van der Waals surface area contributed by atoms with Crippen molar-refractivity contribution in [1.29, 1.82) is 0 Å². The molecule has 2 aromatic carbocycles. The van der Waals surface area contributed by atoms with Gasteiger partial charge in [-0.1, -0.05) is 36.4 Å². The molecule has 0 aromatic heterocycles. The number of hydrogen-bond donors (Lipinski definition) is 1.